The zero-order chi connectivity index (χ0) is 5.98. The van der Waals surface area contributed by atoms with Crippen LogP contribution in [-0.4, -0.2) is 18.7 Å². The summed E-state index contributed by atoms with van der Waals surface area (Å²) in [6.45, 7) is 0.301. The Hall–Kier alpha value is -1.17. The van der Waals surface area contributed by atoms with Crippen molar-refractivity contribution in [2.75, 3.05) is 6.61 Å². The Bertz CT molecular complexity index is 147. The first-order chi connectivity index (χ1) is 3.83. The van der Waals surface area contributed by atoms with Crippen LogP contribution in [0.25, 0.3) is 0 Å². The Kier molecular flexibility index (Phi) is 1.09. The van der Waals surface area contributed by atoms with E-state index in [2.05, 4.69) is 16.0 Å². The van der Waals surface area contributed by atoms with Crippen LogP contribution in [0.4, 0.5) is 4.79 Å². The van der Waals surface area contributed by atoms with E-state index in [1.165, 1.54) is 0 Å². The topological polar surface area (TPSA) is 38.3 Å². The molecule has 1 N–H and O–H groups in total. The molecule has 1 heterocycles. The Morgan fingerprint density at radius 2 is 2.75 bits per heavy atom. The molecule has 1 saturated heterocycles. The highest BCUT2D eigenvalue weighted by Crippen LogP contribution is 1.93. The average molecular weight is 111 g/mol. The van der Waals surface area contributed by atoms with Gasteiger partial charge in [-0.2, -0.15) is 0 Å². The fourth-order valence-corrected chi connectivity index (χ4v) is 0.474. The number of hydrogen-bond acceptors (Lipinski definition) is 2. The van der Waals surface area contributed by atoms with Gasteiger partial charge in [-0.3, -0.25) is 0 Å². The number of rotatable bonds is 0. The van der Waals surface area contributed by atoms with Crippen LogP contribution < -0.4 is 5.32 Å². The molecule has 1 amide bonds. The van der Waals surface area contributed by atoms with Gasteiger partial charge in [0.25, 0.3) is 0 Å². The van der Waals surface area contributed by atoms with E-state index >= 15 is 0 Å². The van der Waals surface area contributed by atoms with Crippen LogP contribution in [-0.2, 0) is 4.74 Å². The third-order valence-corrected chi connectivity index (χ3v) is 0.874. The molecule has 8 heavy (non-hydrogen) atoms. The summed E-state index contributed by atoms with van der Waals surface area (Å²) in [7, 11) is 0. The summed E-state index contributed by atoms with van der Waals surface area (Å²) in [5.41, 5.74) is 0. The molecule has 3 nitrogen and oxygen atoms in total. The number of carbonyl (C=O) groups is 1. The van der Waals surface area contributed by atoms with Crippen molar-refractivity contribution in [1.29, 1.82) is 0 Å². The van der Waals surface area contributed by atoms with Gasteiger partial charge >= 0.3 is 6.09 Å². The van der Waals surface area contributed by atoms with E-state index in [-0.39, 0.29) is 6.04 Å². The van der Waals surface area contributed by atoms with E-state index in [4.69, 9.17) is 6.42 Å². The van der Waals surface area contributed by atoms with Gasteiger partial charge in [0.15, 0.2) is 0 Å². The normalized spacial score (nSPS) is 25.9. The van der Waals surface area contributed by atoms with Gasteiger partial charge in [0.05, 0.1) is 0 Å². The second-order valence-electron chi connectivity index (χ2n) is 1.46. The van der Waals surface area contributed by atoms with E-state index in [1.54, 1.807) is 0 Å². The van der Waals surface area contributed by atoms with Gasteiger partial charge in [-0.25, -0.2) is 4.79 Å². The predicted molar refractivity (Wildman–Crippen MR) is 27.1 cm³/mol. The highest BCUT2D eigenvalue weighted by atomic mass is 16.6. The van der Waals surface area contributed by atoms with Gasteiger partial charge in [0.1, 0.15) is 12.6 Å². The minimum atomic E-state index is -0.423. The second kappa shape index (κ2) is 1.74. The molecule has 1 aliphatic rings. The van der Waals surface area contributed by atoms with Crippen LogP contribution in [0, 0.1) is 12.3 Å². The highest BCUT2D eigenvalue weighted by Gasteiger charge is 2.18. The molecule has 0 unspecified atom stereocenters. The Morgan fingerprint density at radius 1 is 2.00 bits per heavy atom. The van der Waals surface area contributed by atoms with Crippen LogP contribution in [0.5, 0.6) is 0 Å². The molecule has 0 spiro atoms. The smallest absolute Gasteiger partial charge is 0.408 e. The van der Waals surface area contributed by atoms with Crippen molar-refractivity contribution in [2.24, 2.45) is 0 Å². The lowest BCUT2D eigenvalue weighted by molar-refractivity contribution is 0.177. The molecular formula is C5H5NO2. The third kappa shape index (κ3) is 0.733. The second-order valence-corrected chi connectivity index (χ2v) is 1.46. The standard InChI is InChI=1S/C5H5NO2/c1-2-4-3-8-5(7)6-4/h1,4H,3H2,(H,6,7)/t4-/m0/s1. The van der Waals surface area contributed by atoms with Crippen LogP contribution in [0.15, 0.2) is 0 Å². The quantitative estimate of drug-likeness (QED) is 0.437. The summed E-state index contributed by atoms with van der Waals surface area (Å²) in [6, 6.07) is -0.220. The zero-order valence-corrected chi connectivity index (χ0v) is 4.18. The first-order valence-electron chi connectivity index (χ1n) is 2.22. The number of nitrogens with one attached hydrogen (secondary N) is 1. The molecule has 3 heteroatoms. The number of hydrogen-bond donors (Lipinski definition) is 1. The largest absolute Gasteiger partial charge is 0.446 e. The first-order valence-corrected chi connectivity index (χ1v) is 2.22. The van der Waals surface area contributed by atoms with E-state index < -0.39 is 6.09 Å². The number of carbonyl (C=O) groups excluding carboxylic acids is 1. The van der Waals surface area contributed by atoms with Gasteiger partial charge in [0.2, 0.25) is 0 Å². The summed E-state index contributed by atoms with van der Waals surface area (Å²) < 4.78 is 4.46. The van der Waals surface area contributed by atoms with E-state index in [1.807, 2.05) is 0 Å². The van der Waals surface area contributed by atoms with Gasteiger partial charge in [0, 0.05) is 0 Å². The van der Waals surface area contributed by atoms with E-state index in [9.17, 15) is 4.79 Å². The lowest BCUT2D eigenvalue weighted by Crippen LogP contribution is -2.23. The molecule has 0 saturated carbocycles. The summed E-state index contributed by atoms with van der Waals surface area (Å²) in [4.78, 5) is 10.2. The fourth-order valence-electron chi connectivity index (χ4n) is 0.474. The van der Waals surface area contributed by atoms with Gasteiger partial charge < -0.3 is 10.1 Å². The maximum Gasteiger partial charge on any atom is 0.408 e. The number of alkyl carbamates (subject to hydrolysis) is 1. The number of amides is 1. The molecule has 0 aromatic heterocycles. The van der Waals surface area contributed by atoms with E-state index in [0.29, 0.717) is 6.61 Å². The van der Waals surface area contributed by atoms with Crippen molar-refractivity contribution in [1.82, 2.24) is 5.32 Å². The lowest BCUT2D eigenvalue weighted by atomic mass is 10.4. The number of cyclic esters (lactones) is 1. The maximum absolute atomic E-state index is 10.2. The minimum Gasteiger partial charge on any atom is -0.446 e. The van der Waals surface area contributed by atoms with Crippen molar-refractivity contribution in [3.63, 3.8) is 0 Å². The zero-order valence-electron chi connectivity index (χ0n) is 4.18. The molecule has 0 bridgehead atoms. The van der Waals surface area contributed by atoms with Gasteiger partial charge in [-0.05, 0) is 0 Å². The van der Waals surface area contributed by atoms with Crippen molar-refractivity contribution >= 4 is 6.09 Å². The SMILES string of the molecule is C#C[C@H]1COC(=O)N1. The molecule has 1 atom stereocenters. The summed E-state index contributed by atoms with van der Waals surface area (Å²) in [5.74, 6) is 2.34. The Morgan fingerprint density at radius 3 is 3.00 bits per heavy atom. The summed E-state index contributed by atoms with van der Waals surface area (Å²) in [5, 5.41) is 2.41. The summed E-state index contributed by atoms with van der Waals surface area (Å²) >= 11 is 0. The molecule has 1 aliphatic heterocycles. The maximum atomic E-state index is 10.2. The number of terminal acetylenes is 1. The van der Waals surface area contributed by atoms with Crippen LogP contribution in [0.1, 0.15) is 0 Å². The Balaban J connectivity index is 2.47. The third-order valence-electron chi connectivity index (χ3n) is 0.874. The molecular weight excluding hydrogens is 106 g/mol. The Labute approximate surface area is 47.0 Å². The first kappa shape index (κ1) is 4.98. The fraction of sp³-hybridized carbons (Fsp3) is 0.400. The lowest BCUT2D eigenvalue weighted by Gasteiger charge is -1.90. The molecule has 1 rings (SSSR count). The van der Waals surface area contributed by atoms with E-state index in [0.717, 1.165) is 0 Å². The van der Waals surface area contributed by atoms with Gasteiger partial charge in [-0.1, -0.05) is 5.92 Å². The van der Waals surface area contributed by atoms with Crippen molar-refractivity contribution in [2.45, 2.75) is 6.04 Å². The highest BCUT2D eigenvalue weighted by molar-refractivity contribution is 5.70. The predicted octanol–water partition coefficient (Wildman–Crippen LogP) is -0.272. The van der Waals surface area contributed by atoms with Crippen LogP contribution in [0.3, 0.4) is 0 Å². The molecule has 0 radical (unpaired) electrons. The van der Waals surface area contributed by atoms with Crippen LogP contribution in [0.2, 0.25) is 0 Å². The average Bonchev–Trinajstić information content (AvgIpc) is 2.14. The monoisotopic (exact) mass is 111 g/mol. The molecule has 0 aliphatic carbocycles. The minimum absolute atomic E-state index is 0.220. The van der Waals surface area contributed by atoms with Crippen molar-refractivity contribution in [3.05, 3.63) is 0 Å². The molecule has 0 aromatic carbocycles. The molecule has 1 fully saturated rings. The van der Waals surface area contributed by atoms with Crippen molar-refractivity contribution < 1.29 is 9.53 Å². The summed E-state index contributed by atoms with van der Waals surface area (Å²) in [6.07, 6.45) is 4.53. The number of ether oxygens (including phenoxy) is 1. The van der Waals surface area contributed by atoms with Gasteiger partial charge in [-0.15, -0.1) is 6.42 Å². The molecule has 42 valence electrons. The molecule has 0 aromatic rings. The van der Waals surface area contributed by atoms with Crippen molar-refractivity contribution in [3.8, 4) is 12.3 Å². The van der Waals surface area contributed by atoms with Crippen LogP contribution >= 0.6 is 0 Å².